The molecule has 20 heavy (non-hydrogen) atoms. The van der Waals surface area contributed by atoms with E-state index in [9.17, 15) is 18.3 Å². The largest absolute Gasteiger partial charge is 0.478 e. The zero-order valence-corrected chi connectivity index (χ0v) is 12.4. The van der Waals surface area contributed by atoms with Crippen molar-refractivity contribution in [2.45, 2.75) is 31.7 Å². The molecule has 112 valence electrons. The normalized spacial score (nSPS) is 13.4. The van der Waals surface area contributed by atoms with Crippen molar-refractivity contribution in [1.82, 2.24) is 4.72 Å². The van der Waals surface area contributed by atoms with Gasteiger partial charge in [0, 0.05) is 6.04 Å². The number of benzene rings is 1. The van der Waals surface area contributed by atoms with Crippen LogP contribution in [0, 0.1) is 12.8 Å². The van der Waals surface area contributed by atoms with E-state index in [1.54, 1.807) is 13.8 Å². The zero-order chi connectivity index (χ0) is 15.5. The predicted octanol–water partition coefficient (Wildman–Crippen LogP) is 0.988. The number of carboxylic acid groups (broad SMARTS) is 1. The van der Waals surface area contributed by atoms with E-state index in [-0.39, 0.29) is 28.5 Å². The van der Waals surface area contributed by atoms with Crippen LogP contribution in [0.15, 0.2) is 23.1 Å². The Kier molecular flexibility index (Phi) is 5.27. The number of carbonyl (C=O) groups is 1. The standard InChI is InChI=1S/C13H19NO5S/c1-8(2)11(7-15)14-20(18,19)12-6-4-5-10(9(12)3)13(16)17/h4-6,8,11,14-15H,7H2,1-3H3,(H,16,17). The SMILES string of the molecule is Cc1c(C(=O)O)cccc1S(=O)(=O)NC(CO)C(C)C. The lowest BCUT2D eigenvalue weighted by molar-refractivity contribution is 0.0696. The maximum atomic E-state index is 12.3. The van der Waals surface area contributed by atoms with E-state index in [0.29, 0.717) is 0 Å². The fourth-order valence-electron chi connectivity index (χ4n) is 1.78. The van der Waals surface area contributed by atoms with Gasteiger partial charge in [0.15, 0.2) is 0 Å². The Morgan fingerprint density at radius 2 is 1.95 bits per heavy atom. The van der Waals surface area contributed by atoms with E-state index in [1.165, 1.54) is 25.1 Å². The third-order valence-electron chi connectivity index (χ3n) is 3.11. The van der Waals surface area contributed by atoms with Gasteiger partial charge in [-0.05, 0) is 30.5 Å². The summed E-state index contributed by atoms with van der Waals surface area (Å²) in [6.07, 6.45) is 0. The molecule has 0 saturated carbocycles. The Hall–Kier alpha value is -1.44. The summed E-state index contributed by atoms with van der Waals surface area (Å²) in [5.74, 6) is -1.26. The third kappa shape index (κ3) is 3.56. The van der Waals surface area contributed by atoms with Gasteiger partial charge < -0.3 is 10.2 Å². The highest BCUT2D eigenvalue weighted by molar-refractivity contribution is 7.89. The van der Waals surface area contributed by atoms with Gasteiger partial charge in [-0.2, -0.15) is 0 Å². The molecule has 0 aliphatic heterocycles. The molecule has 0 amide bonds. The van der Waals surface area contributed by atoms with Crippen molar-refractivity contribution < 1.29 is 23.4 Å². The molecule has 1 rings (SSSR count). The number of carboxylic acids is 1. The van der Waals surface area contributed by atoms with Crippen LogP contribution in [0.5, 0.6) is 0 Å². The highest BCUT2D eigenvalue weighted by atomic mass is 32.2. The van der Waals surface area contributed by atoms with Crippen molar-refractivity contribution >= 4 is 16.0 Å². The minimum Gasteiger partial charge on any atom is -0.478 e. The summed E-state index contributed by atoms with van der Waals surface area (Å²) < 4.78 is 27.0. The molecule has 0 aliphatic rings. The molecule has 3 N–H and O–H groups in total. The lowest BCUT2D eigenvalue weighted by Gasteiger charge is -2.20. The summed E-state index contributed by atoms with van der Waals surface area (Å²) in [4.78, 5) is 10.9. The molecule has 1 unspecified atom stereocenters. The van der Waals surface area contributed by atoms with Gasteiger partial charge >= 0.3 is 5.97 Å². The number of hydrogen-bond donors (Lipinski definition) is 3. The summed E-state index contributed by atoms with van der Waals surface area (Å²) >= 11 is 0. The second-order valence-corrected chi connectivity index (χ2v) is 6.57. The Labute approximate surface area is 118 Å². The van der Waals surface area contributed by atoms with Crippen LogP contribution in [-0.2, 0) is 10.0 Å². The average molecular weight is 301 g/mol. The van der Waals surface area contributed by atoms with Gasteiger partial charge in [-0.1, -0.05) is 19.9 Å². The quantitative estimate of drug-likeness (QED) is 0.727. The van der Waals surface area contributed by atoms with Crippen molar-refractivity contribution in [3.63, 3.8) is 0 Å². The monoisotopic (exact) mass is 301 g/mol. The second-order valence-electron chi connectivity index (χ2n) is 4.89. The van der Waals surface area contributed by atoms with Crippen LogP contribution in [0.4, 0.5) is 0 Å². The average Bonchev–Trinajstić information content (AvgIpc) is 2.35. The lowest BCUT2D eigenvalue weighted by atomic mass is 10.1. The molecule has 1 aromatic carbocycles. The van der Waals surface area contributed by atoms with Gasteiger partial charge in [0.1, 0.15) is 0 Å². The Bertz CT molecular complexity index is 595. The van der Waals surface area contributed by atoms with Gasteiger partial charge in [0.25, 0.3) is 0 Å². The van der Waals surface area contributed by atoms with Crippen molar-refractivity contribution in [2.75, 3.05) is 6.61 Å². The van der Waals surface area contributed by atoms with E-state index in [4.69, 9.17) is 5.11 Å². The molecule has 0 aliphatic carbocycles. The zero-order valence-electron chi connectivity index (χ0n) is 11.6. The molecule has 0 heterocycles. The molecular weight excluding hydrogens is 282 g/mol. The van der Waals surface area contributed by atoms with Crippen molar-refractivity contribution in [2.24, 2.45) is 5.92 Å². The third-order valence-corrected chi connectivity index (χ3v) is 4.75. The van der Waals surface area contributed by atoms with Crippen LogP contribution >= 0.6 is 0 Å². The highest BCUT2D eigenvalue weighted by Crippen LogP contribution is 2.20. The Morgan fingerprint density at radius 1 is 1.35 bits per heavy atom. The fourth-order valence-corrected chi connectivity index (χ4v) is 3.43. The maximum absolute atomic E-state index is 12.3. The van der Waals surface area contributed by atoms with E-state index in [0.717, 1.165) is 0 Å². The first-order chi connectivity index (χ1) is 9.20. The van der Waals surface area contributed by atoms with Crippen molar-refractivity contribution in [3.05, 3.63) is 29.3 Å². The summed E-state index contributed by atoms with van der Waals surface area (Å²) in [5, 5.41) is 18.2. The summed E-state index contributed by atoms with van der Waals surface area (Å²) in [5.41, 5.74) is 0.117. The molecule has 7 heteroatoms. The minimum absolute atomic E-state index is 0.0574. The number of aliphatic hydroxyl groups is 1. The minimum atomic E-state index is -3.88. The molecule has 0 aromatic heterocycles. The molecule has 0 radical (unpaired) electrons. The van der Waals surface area contributed by atoms with Crippen LogP contribution in [0.2, 0.25) is 0 Å². The first kappa shape index (κ1) is 16.6. The van der Waals surface area contributed by atoms with Gasteiger partial charge in [-0.3, -0.25) is 0 Å². The number of nitrogens with one attached hydrogen (secondary N) is 1. The van der Waals surface area contributed by atoms with Gasteiger partial charge in [-0.15, -0.1) is 0 Å². The van der Waals surface area contributed by atoms with Crippen LogP contribution in [0.1, 0.15) is 29.8 Å². The smallest absolute Gasteiger partial charge is 0.335 e. The van der Waals surface area contributed by atoms with Crippen LogP contribution in [0.25, 0.3) is 0 Å². The summed E-state index contributed by atoms with van der Waals surface area (Å²) in [6.45, 7) is 4.68. The molecule has 0 fully saturated rings. The van der Waals surface area contributed by atoms with Crippen molar-refractivity contribution in [3.8, 4) is 0 Å². The molecule has 1 aromatic rings. The number of hydrogen-bond acceptors (Lipinski definition) is 4. The molecule has 0 saturated heterocycles. The topological polar surface area (TPSA) is 104 Å². The van der Waals surface area contributed by atoms with Crippen molar-refractivity contribution in [1.29, 1.82) is 0 Å². The maximum Gasteiger partial charge on any atom is 0.335 e. The molecule has 1 atom stereocenters. The molecule has 0 spiro atoms. The lowest BCUT2D eigenvalue weighted by Crippen LogP contribution is -2.41. The molecular formula is C13H19NO5S. The summed E-state index contributed by atoms with van der Waals surface area (Å²) in [6, 6.07) is 3.46. The molecule has 6 nitrogen and oxygen atoms in total. The Morgan fingerprint density at radius 3 is 2.40 bits per heavy atom. The first-order valence-electron chi connectivity index (χ1n) is 6.16. The number of aromatic carboxylic acids is 1. The van der Waals surface area contributed by atoms with Crippen LogP contribution < -0.4 is 4.72 Å². The fraction of sp³-hybridized carbons (Fsp3) is 0.462. The van der Waals surface area contributed by atoms with E-state index in [1.807, 2.05) is 0 Å². The predicted molar refractivity (Wildman–Crippen MR) is 74.2 cm³/mol. The Balaban J connectivity index is 3.23. The van der Waals surface area contributed by atoms with E-state index < -0.39 is 22.0 Å². The number of sulfonamides is 1. The second kappa shape index (κ2) is 6.34. The van der Waals surface area contributed by atoms with Gasteiger partial charge in [0.05, 0.1) is 17.1 Å². The van der Waals surface area contributed by atoms with E-state index in [2.05, 4.69) is 4.72 Å². The van der Waals surface area contributed by atoms with E-state index >= 15 is 0 Å². The summed E-state index contributed by atoms with van der Waals surface area (Å²) in [7, 11) is -3.88. The van der Waals surface area contributed by atoms with Gasteiger partial charge in [0.2, 0.25) is 10.0 Å². The van der Waals surface area contributed by atoms with Crippen LogP contribution in [-0.4, -0.2) is 37.2 Å². The first-order valence-corrected chi connectivity index (χ1v) is 7.65. The van der Waals surface area contributed by atoms with Crippen LogP contribution in [0.3, 0.4) is 0 Å². The number of aliphatic hydroxyl groups excluding tert-OH is 1. The highest BCUT2D eigenvalue weighted by Gasteiger charge is 2.25. The molecule has 0 bridgehead atoms. The number of rotatable bonds is 6. The van der Waals surface area contributed by atoms with Gasteiger partial charge in [-0.25, -0.2) is 17.9 Å².